The summed E-state index contributed by atoms with van der Waals surface area (Å²) in [7, 11) is 2.78. The molecule has 9 heteroatoms. The van der Waals surface area contributed by atoms with Crippen molar-refractivity contribution in [2.75, 3.05) is 12.0 Å². The number of methoxy groups -OCH3 is 1. The Kier molecular flexibility index (Phi) is 5.21. The predicted molar refractivity (Wildman–Crippen MR) is 130 cm³/mol. The lowest BCUT2D eigenvalue weighted by molar-refractivity contribution is -0.138. The van der Waals surface area contributed by atoms with Crippen LogP contribution in [0.4, 0.5) is 5.69 Å². The van der Waals surface area contributed by atoms with Gasteiger partial charge in [-0.1, -0.05) is 48.0 Å². The number of hydrogen-bond donors (Lipinski definition) is 1. The van der Waals surface area contributed by atoms with Crippen LogP contribution in [0.1, 0.15) is 22.4 Å². The summed E-state index contributed by atoms with van der Waals surface area (Å²) in [6.07, 6.45) is 0. The third-order valence-electron chi connectivity index (χ3n) is 6.69. The van der Waals surface area contributed by atoms with Crippen LogP contribution in [0, 0.1) is 6.92 Å². The number of benzene rings is 2. The standard InChI is InChI=1S/C26H22ClN3O5/c1-14-12-19-20(23(31)29(14)2)26(21(22(28)35-19)24(32)34-3)16-9-5-7-11-18(16)30(25(26)33)13-15-8-4-6-10-17(15)27/h4-12H,13,28H2,1-3H3. The molecule has 1 amide bonds. The van der Waals surface area contributed by atoms with Crippen LogP contribution in [0.5, 0.6) is 5.75 Å². The van der Waals surface area contributed by atoms with Gasteiger partial charge in [0.2, 0.25) is 11.8 Å². The van der Waals surface area contributed by atoms with Crippen molar-refractivity contribution in [3.63, 3.8) is 0 Å². The van der Waals surface area contributed by atoms with Gasteiger partial charge in [0.25, 0.3) is 5.56 Å². The number of anilines is 1. The molecular formula is C26H22ClN3O5. The van der Waals surface area contributed by atoms with Crippen molar-refractivity contribution in [2.24, 2.45) is 12.8 Å². The van der Waals surface area contributed by atoms with E-state index in [1.54, 1.807) is 56.4 Å². The molecule has 0 bridgehead atoms. The molecule has 0 radical (unpaired) electrons. The van der Waals surface area contributed by atoms with E-state index >= 15 is 0 Å². The van der Waals surface area contributed by atoms with Gasteiger partial charge in [0.1, 0.15) is 16.7 Å². The van der Waals surface area contributed by atoms with Crippen molar-refractivity contribution in [1.82, 2.24) is 4.57 Å². The minimum absolute atomic E-state index is 0.0132. The number of hydrogen-bond acceptors (Lipinski definition) is 6. The first-order valence-corrected chi connectivity index (χ1v) is 11.2. The van der Waals surface area contributed by atoms with Gasteiger partial charge < -0.3 is 24.7 Å². The summed E-state index contributed by atoms with van der Waals surface area (Å²) in [6.45, 7) is 1.86. The number of pyridine rings is 1. The van der Waals surface area contributed by atoms with Crippen molar-refractivity contribution < 1.29 is 19.1 Å². The van der Waals surface area contributed by atoms with E-state index in [2.05, 4.69) is 0 Å². The van der Waals surface area contributed by atoms with E-state index in [0.29, 0.717) is 27.5 Å². The Morgan fingerprint density at radius 1 is 1.14 bits per heavy atom. The fourth-order valence-corrected chi connectivity index (χ4v) is 5.14. The first-order chi connectivity index (χ1) is 16.7. The van der Waals surface area contributed by atoms with Gasteiger partial charge in [0.15, 0.2) is 0 Å². The molecule has 35 heavy (non-hydrogen) atoms. The SMILES string of the molecule is COC(=O)C1=C(N)Oc2cc(C)n(C)c(=O)c2C12C(=O)N(Cc1ccccc1Cl)c1ccccc12. The topological polar surface area (TPSA) is 104 Å². The molecule has 1 atom stereocenters. The Morgan fingerprint density at radius 2 is 1.83 bits per heavy atom. The molecule has 5 rings (SSSR count). The number of carbonyl (C=O) groups excluding carboxylic acids is 2. The molecule has 0 saturated heterocycles. The minimum atomic E-state index is -1.86. The van der Waals surface area contributed by atoms with E-state index in [1.165, 1.54) is 16.6 Å². The van der Waals surface area contributed by atoms with Crippen LogP contribution in [-0.4, -0.2) is 23.6 Å². The number of nitrogens with two attached hydrogens (primary N) is 1. The highest BCUT2D eigenvalue weighted by molar-refractivity contribution is 6.31. The first kappa shape index (κ1) is 22.7. The maximum Gasteiger partial charge on any atom is 0.340 e. The fraction of sp³-hybridized carbons (Fsp3) is 0.192. The van der Waals surface area contributed by atoms with E-state index in [9.17, 15) is 14.4 Å². The zero-order chi connectivity index (χ0) is 25.1. The Bertz CT molecular complexity index is 1510. The second-order valence-electron chi connectivity index (χ2n) is 8.47. The molecule has 2 aliphatic rings. The van der Waals surface area contributed by atoms with Gasteiger partial charge in [-0.2, -0.15) is 0 Å². The van der Waals surface area contributed by atoms with E-state index in [4.69, 9.17) is 26.8 Å². The van der Waals surface area contributed by atoms with Crippen LogP contribution < -0.4 is 20.9 Å². The van der Waals surface area contributed by atoms with Gasteiger partial charge in [-0.05, 0) is 24.6 Å². The average Bonchev–Trinajstić information content (AvgIpc) is 3.07. The minimum Gasteiger partial charge on any atom is -0.465 e. The normalized spacial score (nSPS) is 18.4. The molecule has 0 saturated carbocycles. The zero-order valence-electron chi connectivity index (χ0n) is 19.3. The van der Waals surface area contributed by atoms with Crippen LogP contribution in [-0.2, 0) is 33.3 Å². The molecule has 0 aliphatic carbocycles. The van der Waals surface area contributed by atoms with Crippen molar-refractivity contribution in [1.29, 1.82) is 0 Å². The van der Waals surface area contributed by atoms with Gasteiger partial charge in [-0.3, -0.25) is 9.59 Å². The number of aryl methyl sites for hydroxylation is 1. The highest BCUT2D eigenvalue weighted by Gasteiger charge is 2.62. The number of aromatic nitrogens is 1. The van der Waals surface area contributed by atoms with Crippen LogP contribution in [0.3, 0.4) is 0 Å². The molecule has 8 nitrogen and oxygen atoms in total. The molecule has 2 aliphatic heterocycles. The number of carbonyl (C=O) groups is 2. The lowest BCUT2D eigenvalue weighted by Crippen LogP contribution is -2.51. The second kappa shape index (κ2) is 8.02. The Labute approximate surface area is 206 Å². The molecule has 1 unspecified atom stereocenters. The Morgan fingerprint density at radius 3 is 2.54 bits per heavy atom. The smallest absolute Gasteiger partial charge is 0.340 e. The maximum atomic E-state index is 14.5. The van der Waals surface area contributed by atoms with E-state index < -0.39 is 22.9 Å². The molecule has 2 aromatic carbocycles. The summed E-state index contributed by atoms with van der Waals surface area (Å²) in [5.41, 5.74) is 5.98. The molecule has 178 valence electrons. The lowest BCUT2D eigenvalue weighted by atomic mass is 9.68. The summed E-state index contributed by atoms with van der Waals surface area (Å²) >= 11 is 6.41. The highest BCUT2D eigenvalue weighted by atomic mass is 35.5. The summed E-state index contributed by atoms with van der Waals surface area (Å²) in [6, 6.07) is 15.8. The van der Waals surface area contributed by atoms with Crippen LogP contribution in [0.15, 0.2) is 70.8 Å². The number of halogens is 1. The van der Waals surface area contributed by atoms with E-state index in [0.717, 1.165) is 0 Å². The average molecular weight is 492 g/mol. The second-order valence-corrected chi connectivity index (χ2v) is 8.88. The van der Waals surface area contributed by atoms with Crippen molar-refractivity contribution in [3.05, 3.63) is 104 Å². The number of amides is 1. The van der Waals surface area contributed by atoms with Crippen LogP contribution in [0.25, 0.3) is 0 Å². The number of fused-ring (bicyclic) bond motifs is 4. The molecule has 3 aromatic rings. The van der Waals surface area contributed by atoms with Crippen LogP contribution >= 0.6 is 11.6 Å². The quantitative estimate of drug-likeness (QED) is 0.565. The van der Waals surface area contributed by atoms with E-state index in [1.807, 2.05) is 12.1 Å². The first-order valence-electron chi connectivity index (χ1n) is 10.9. The van der Waals surface area contributed by atoms with Crippen molar-refractivity contribution in [2.45, 2.75) is 18.9 Å². The van der Waals surface area contributed by atoms with Crippen LogP contribution in [0.2, 0.25) is 5.02 Å². The molecule has 1 aromatic heterocycles. The monoisotopic (exact) mass is 491 g/mol. The Balaban J connectivity index is 1.88. The lowest BCUT2D eigenvalue weighted by Gasteiger charge is -2.35. The van der Waals surface area contributed by atoms with E-state index in [-0.39, 0.29) is 29.3 Å². The maximum absolute atomic E-state index is 14.5. The van der Waals surface area contributed by atoms with Gasteiger partial charge in [-0.15, -0.1) is 0 Å². The van der Waals surface area contributed by atoms with Gasteiger partial charge in [0, 0.05) is 35.1 Å². The van der Waals surface area contributed by atoms with Gasteiger partial charge in [-0.25, -0.2) is 4.79 Å². The van der Waals surface area contributed by atoms with Gasteiger partial charge >= 0.3 is 5.97 Å². The van der Waals surface area contributed by atoms with Gasteiger partial charge in [0.05, 0.1) is 19.2 Å². The van der Waals surface area contributed by atoms with Crippen molar-refractivity contribution in [3.8, 4) is 5.75 Å². The zero-order valence-corrected chi connectivity index (χ0v) is 20.1. The third kappa shape index (κ3) is 3.03. The predicted octanol–water partition coefficient (Wildman–Crippen LogP) is 2.92. The van der Waals surface area contributed by atoms with Crippen molar-refractivity contribution >= 4 is 29.2 Å². The number of para-hydroxylation sites is 1. The number of rotatable bonds is 3. The number of ether oxygens (including phenoxy) is 2. The Hall–Kier alpha value is -4.04. The molecule has 2 N–H and O–H groups in total. The largest absolute Gasteiger partial charge is 0.465 e. The molecular weight excluding hydrogens is 470 g/mol. The number of nitrogens with zero attached hydrogens (tertiary/aromatic N) is 2. The molecule has 1 spiro atoms. The summed E-state index contributed by atoms with van der Waals surface area (Å²) in [5, 5.41) is 0.487. The molecule has 3 heterocycles. The summed E-state index contributed by atoms with van der Waals surface area (Å²) in [4.78, 5) is 42.9. The molecule has 0 fully saturated rings. The third-order valence-corrected chi connectivity index (χ3v) is 7.06. The fourth-order valence-electron chi connectivity index (χ4n) is 4.94. The summed E-state index contributed by atoms with van der Waals surface area (Å²) < 4.78 is 12.2. The highest BCUT2D eigenvalue weighted by Crippen LogP contribution is 2.55. The number of esters is 1. The summed E-state index contributed by atoms with van der Waals surface area (Å²) in [5.74, 6) is -1.55.